The molecule has 2 rings (SSSR count). The van der Waals surface area contributed by atoms with Crippen LogP contribution in [0.4, 0.5) is 8.78 Å². The van der Waals surface area contributed by atoms with E-state index in [0.29, 0.717) is 19.4 Å². The fraction of sp³-hybridized carbons (Fsp3) is 0.533. The molecular formula is C15H19F2NO2. The standard InChI is InChI=1S/C15H19F2NO2/c1-9-2-7-12(16)13(14(9)17)15(20)18-8-10-3-5-11(19)6-4-10/h2,7,10-11,19H,3-6,8H2,1H3,(H,18,20). The molecule has 3 nitrogen and oxygen atoms in total. The Balaban J connectivity index is 1.97. The Morgan fingerprint density at radius 3 is 2.60 bits per heavy atom. The number of carbonyl (C=O) groups excluding carboxylic acids is 1. The van der Waals surface area contributed by atoms with Gasteiger partial charge in [-0.2, -0.15) is 0 Å². The molecule has 0 unspecified atom stereocenters. The van der Waals surface area contributed by atoms with Crippen molar-refractivity contribution in [1.82, 2.24) is 5.32 Å². The van der Waals surface area contributed by atoms with Crippen molar-refractivity contribution in [2.45, 2.75) is 38.7 Å². The van der Waals surface area contributed by atoms with Gasteiger partial charge in [0.05, 0.1) is 6.10 Å². The minimum absolute atomic E-state index is 0.248. The molecule has 0 aliphatic heterocycles. The zero-order valence-electron chi connectivity index (χ0n) is 11.5. The van der Waals surface area contributed by atoms with E-state index in [2.05, 4.69) is 5.32 Å². The van der Waals surface area contributed by atoms with Gasteiger partial charge in [-0.05, 0) is 50.2 Å². The van der Waals surface area contributed by atoms with Crippen molar-refractivity contribution in [1.29, 1.82) is 0 Å². The maximum Gasteiger partial charge on any atom is 0.257 e. The van der Waals surface area contributed by atoms with Gasteiger partial charge in [0.1, 0.15) is 17.2 Å². The second-order valence-electron chi connectivity index (χ2n) is 5.44. The third-order valence-corrected chi connectivity index (χ3v) is 3.88. The first-order chi connectivity index (χ1) is 9.49. The average molecular weight is 283 g/mol. The molecule has 20 heavy (non-hydrogen) atoms. The van der Waals surface area contributed by atoms with Crippen LogP contribution < -0.4 is 5.32 Å². The minimum atomic E-state index is -0.843. The fourth-order valence-corrected chi connectivity index (χ4v) is 2.54. The molecule has 1 aliphatic carbocycles. The maximum atomic E-state index is 13.8. The molecule has 2 N–H and O–H groups in total. The third kappa shape index (κ3) is 3.33. The summed E-state index contributed by atoms with van der Waals surface area (Å²) in [5, 5.41) is 12.0. The van der Waals surface area contributed by atoms with Gasteiger partial charge in [-0.15, -0.1) is 0 Å². The summed E-state index contributed by atoms with van der Waals surface area (Å²) in [4.78, 5) is 11.9. The van der Waals surface area contributed by atoms with E-state index >= 15 is 0 Å². The van der Waals surface area contributed by atoms with Crippen LogP contribution in [0.2, 0.25) is 0 Å². The van der Waals surface area contributed by atoms with Crippen LogP contribution in [0.1, 0.15) is 41.6 Å². The van der Waals surface area contributed by atoms with Crippen LogP contribution in [0.5, 0.6) is 0 Å². The van der Waals surface area contributed by atoms with Crippen molar-refractivity contribution in [3.63, 3.8) is 0 Å². The van der Waals surface area contributed by atoms with Gasteiger partial charge in [-0.25, -0.2) is 8.78 Å². The number of halogens is 2. The normalized spacial score (nSPS) is 22.6. The molecule has 1 aromatic carbocycles. The molecular weight excluding hydrogens is 264 g/mol. The molecule has 0 bridgehead atoms. The van der Waals surface area contributed by atoms with E-state index < -0.39 is 23.1 Å². The van der Waals surface area contributed by atoms with Gasteiger partial charge in [0, 0.05) is 6.54 Å². The van der Waals surface area contributed by atoms with Gasteiger partial charge in [0.15, 0.2) is 0 Å². The van der Waals surface area contributed by atoms with Crippen LogP contribution in [-0.2, 0) is 0 Å². The van der Waals surface area contributed by atoms with E-state index in [1.165, 1.54) is 13.0 Å². The lowest BCUT2D eigenvalue weighted by Crippen LogP contribution is -2.33. The summed E-state index contributed by atoms with van der Waals surface area (Å²) in [5.41, 5.74) is -0.266. The monoisotopic (exact) mass is 283 g/mol. The first kappa shape index (κ1) is 14.9. The molecule has 1 aromatic rings. The summed E-state index contributed by atoms with van der Waals surface area (Å²) >= 11 is 0. The molecule has 1 fully saturated rings. The number of aliphatic hydroxyl groups excluding tert-OH is 1. The van der Waals surface area contributed by atoms with Crippen LogP contribution in [0.15, 0.2) is 12.1 Å². The number of hydrogen-bond donors (Lipinski definition) is 2. The van der Waals surface area contributed by atoms with Crippen molar-refractivity contribution < 1.29 is 18.7 Å². The van der Waals surface area contributed by atoms with Gasteiger partial charge in [-0.1, -0.05) is 6.07 Å². The summed E-state index contributed by atoms with van der Waals surface area (Å²) in [6, 6.07) is 2.41. The first-order valence-corrected chi connectivity index (χ1v) is 6.90. The Morgan fingerprint density at radius 1 is 1.30 bits per heavy atom. The summed E-state index contributed by atoms with van der Waals surface area (Å²) in [5.74, 6) is -2.10. The summed E-state index contributed by atoms with van der Waals surface area (Å²) in [6.45, 7) is 1.88. The topological polar surface area (TPSA) is 49.3 Å². The zero-order chi connectivity index (χ0) is 14.7. The van der Waals surface area contributed by atoms with Crippen LogP contribution in [0.25, 0.3) is 0 Å². The molecule has 0 radical (unpaired) electrons. The number of amides is 1. The highest BCUT2D eigenvalue weighted by atomic mass is 19.1. The van der Waals surface area contributed by atoms with Crippen LogP contribution in [-0.4, -0.2) is 23.7 Å². The first-order valence-electron chi connectivity index (χ1n) is 6.90. The van der Waals surface area contributed by atoms with Gasteiger partial charge >= 0.3 is 0 Å². The second-order valence-corrected chi connectivity index (χ2v) is 5.44. The lowest BCUT2D eigenvalue weighted by molar-refractivity contribution is 0.0903. The molecule has 110 valence electrons. The highest BCUT2D eigenvalue weighted by Gasteiger charge is 2.22. The Labute approximate surface area is 117 Å². The molecule has 0 heterocycles. The fourth-order valence-electron chi connectivity index (χ4n) is 2.54. The number of nitrogens with one attached hydrogen (secondary N) is 1. The smallest absolute Gasteiger partial charge is 0.257 e. The number of hydrogen-bond acceptors (Lipinski definition) is 2. The number of rotatable bonds is 3. The predicted molar refractivity (Wildman–Crippen MR) is 71.4 cm³/mol. The molecule has 0 atom stereocenters. The van der Waals surface area contributed by atoms with Gasteiger partial charge < -0.3 is 10.4 Å². The lowest BCUT2D eigenvalue weighted by Gasteiger charge is -2.25. The van der Waals surface area contributed by atoms with Crippen molar-refractivity contribution in [2.24, 2.45) is 5.92 Å². The number of benzene rings is 1. The third-order valence-electron chi connectivity index (χ3n) is 3.88. The minimum Gasteiger partial charge on any atom is -0.393 e. The van der Waals surface area contributed by atoms with Crippen LogP contribution in [0.3, 0.4) is 0 Å². The Kier molecular flexibility index (Phi) is 4.70. The highest BCUT2D eigenvalue weighted by Crippen LogP contribution is 2.23. The number of aryl methyl sites for hydroxylation is 1. The quantitative estimate of drug-likeness (QED) is 0.895. The van der Waals surface area contributed by atoms with E-state index in [4.69, 9.17) is 0 Å². The van der Waals surface area contributed by atoms with E-state index in [1.807, 2.05) is 0 Å². The van der Waals surface area contributed by atoms with Gasteiger partial charge in [-0.3, -0.25) is 4.79 Å². The van der Waals surface area contributed by atoms with Gasteiger partial charge in [0.2, 0.25) is 0 Å². The SMILES string of the molecule is Cc1ccc(F)c(C(=O)NCC2CCC(O)CC2)c1F. The predicted octanol–water partition coefficient (Wildman–Crippen LogP) is 2.55. The molecule has 0 saturated heterocycles. The van der Waals surface area contributed by atoms with Crippen molar-refractivity contribution in [3.8, 4) is 0 Å². The van der Waals surface area contributed by atoms with Gasteiger partial charge in [0.25, 0.3) is 5.91 Å². The molecule has 1 amide bonds. The van der Waals surface area contributed by atoms with E-state index in [0.717, 1.165) is 18.9 Å². The Bertz CT molecular complexity index is 497. The summed E-state index contributed by atoms with van der Waals surface area (Å²) < 4.78 is 27.4. The number of carbonyl (C=O) groups is 1. The Morgan fingerprint density at radius 2 is 1.95 bits per heavy atom. The van der Waals surface area contributed by atoms with Crippen LogP contribution in [0, 0.1) is 24.5 Å². The molecule has 0 spiro atoms. The largest absolute Gasteiger partial charge is 0.393 e. The highest BCUT2D eigenvalue weighted by molar-refractivity contribution is 5.94. The average Bonchev–Trinajstić information content (AvgIpc) is 2.43. The van der Waals surface area contributed by atoms with Crippen molar-refractivity contribution in [3.05, 3.63) is 34.9 Å². The van der Waals surface area contributed by atoms with Crippen molar-refractivity contribution >= 4 is 5.91 Å². The molecule has 0 aromatic heterocycles. The van der Waals surface area contributed by atoms with Crippen molar-refractivity contribution in [2.75, 3.05) is 6.54 Å². The van der Waals surface area contributed by atoms with E-state index in [-0.39, 0.29) is 17.6 Å². The summed E-state index contributed by atoms with van der Waals surface area (Å²) in [7, 11) is 0. The summed E-state index contributed by atoms with van der Waals surface area (Å²) in [6.07, 6.45) is 2.82. The van der Waals surface area contributed by atoms with Crippen LogP contribution >= 0.6 is 0 Å². The molecule has 5 heteroatoms. The van der Waals surface area contributed by atoms with E-state index in [9.17, 15) is 18.7 Å². The zero-order valence-corrected chi connectivity index (χ0v) is 11.5. The van der Waals surface area contributed by atoms with E-state index in [1.54, 1.807) is 0 Å². The Hall–Kier alpha value is -1.49. The second kappa shape index (κ2) is 6.31. The molecule has 1 saturated carbocycles. The molecule has 1 aliphatic rings. The number of aliphatic hydroxyl groups is 1. The maximum absolute atomic E-state index is 13.8. The lowest BCUT2D eigenvalue weighted by atomic mass is 9.87.